The molecule has 0 aliphatic rings. The molecule has 15 heavy (non-hydrogen) atoms. The second kappa shape index (κ2) is 3.65. The molecule has 0 saturated heterocycles. The number of benzene rings is 1. The average Bonchev–Trinajstić information content (AvgIpc) is 2.24. The van der Waals surface area contributed by atoms with Crippen molar-refractivity contribution in [2.24, 2.45) is 0 Å². The van der Waals surface area contributed by atoms with Crippen molar-refractivity contribution in [2.45, 2.75) is 6.92 Å². The summed E-state index contributed by atoms with van der Waals surface area (Å²) in [5.41, 5.74) is 1.57. The molecule has 0 spiro atoms. The van der Waals surface area contributed by atoms with E-state index < -0.39 is 5.69 Å². The zero-order valence-electron chi connectivity index (χ0n) is 8.12. The third kappa shape index (κ3) is 1.79. The number of H-pyrrole nitrogens is 1. The van der Waals surface area contributed by atoms with Crippen molar-refractivity contribution >= 4 is 0 Å². The standard InChI is InChI=1S/C11H9FN2O/c1-7-9(3-2-4-10(7)12)8-5-13-11(15)14-6-8/h2-6H,1H3,(H,13,14,15). The lowest BCUT2D eigenvalue weighted by Gasteiger charge is -2.05. The highest BCUT2D eigenvalue weighted by atomic mass is 19.1. The topological polar surface area (TPSA) is 45.8 Å². The first-order valence-corrected chi connectivity index (χ1v) is 4.48. The molecule has 1 N–H and O–H groups in total. The number of halogens is 1. The average molecular weight is 204 g/mol. The van der Waals surface area contributed by atoms with Gasteiger partial charge in [-0.3, -0.25) is 0 Å². The van der Waals surface area contributed by atoms with Gasteiger partial charge < -0.3 is 4.98 Å². The zero-order chi connectivity index (χ0) is 10.8. The van der Waals surface area contributed by atoms with Gasteiger partial charge in [-0.25, -0.2) is 14.2 Å². The molecule has 3 nitrogen and oxygen atoms in total. The van der Waals surface area contributed by atoms with Crippen molar-refractivity contribution in [3.05, 3.63) is 52.5 Å². The number of hydrogen-bond donors (Lipinski definition) is 1. The Hall–Kier alpha value is -1.97. The van der Waals surface area contributed by atoms with Gasteiger partial charge in [0.1, 0.15) is 5.82 Å². The first-order valence-electron chi connectivity index (χ1n) is 4.48. The van der Waals surface area contributed by atoms with Gasteiger partial charge in [0.15, 0.2) is 0 Å². The summed E-state index contributed by atoms with van der Waals surface area (Å²) in [6.07, 6.45) is 2.96. The predicted octanol–water partition coefficient (Wildman–Crippen LogP) is 1.88. The number of aromatic amines is 1. The number of nitrogens with one attached hydrogen (secondary N) is 1. The molecule has 2 aromatic rings. The number of hydrogen-bond acceptors (Lipinski definition) is 2. The highest BCUT2D eigenvalue weighted by Crippen LogP contribution is 2.22. The Labute approximate surface area is 85.6 Å². The molecule has 0 amide bonds. The van der Waals surface area contributed by atoms with E-state index in [-0.39, 0.29) is 5.82 Å². The number of aromatic nitrogens is 2. The molecule has 0 fully saturated rings. The van der Waals surface area contributed by atoms with Gasteiger partial charge in [0, 0.05) is 18.0 Å². The minimum absolute atomic E-state index is 0.265. The Balaban J connectivity index is 2.59. The van der Waals surface area contributed by atoms with E-state index >= 15 is 0 Å². The maximum Gasteiger partial charge on any atom is 0.344 e. The summed E-state index contributed by atoms with van der Waals surface area (Å²) >= 11 is 0. The van der Waals surface area contributed by atoms with Crippen molar-refractivity contribution in [3.8, 4) is 11.1 Å². The lowest BCUT2D eigenvalue weighted by atomic mass is 10.0. The fourth-order valence-corrected chi connectivity index (χ4v) is 1.41. The van der Waals surface area contributed by atoms with Crippen molar-refractivity contribution in [2.75, 3.05) is 0 Å². The Bertz CT molecular complexity index is 528. The van der Waals surface area contributed by atoms with Crippen LogP contribution in [-0.2, 0) is 0 Å². The fraction of sp³-hybridized carbons (Fsp3) is 0.0909. The predicted molar refractivity (Wildman–Crippen MR) is 55.0 cm³/mol. The Morgan fingerprint density at radius 3 is 2.87 bits per heavy atom. The van der Waals surface area contributed by atoms with E-state index in [2.05, 4.69) is 9.97 Å². The van der Waals surface area contributed by atoms with Gasteiger partial charge in [0.25, 0.3) is 0 Å². The first-order chi connectivity index (χ1) is 7.18. The Morgan fingerprint density at radius 1 is 1.40 bits per heavy atom. The van der Waals surface area contributed by atoms with Gasteiger partial charge in [-0.05, 0) is 24.1 Å². The van der Waals surface area contributed by atoms with Crippen LogP contribution < -0.4 is 5.69 Å². The van der Waals surface area contributed by atoms with E-state index in [0.29, 0.717) is 11.1 Å². The van der Waals surface area contributed by atoms with Crippen LogP contribution in [0.4, 0.5) is 4.39 Å². The molecule has 0 atom stereocenters. The van der Waals surface area contributed by atoms with Crippen molar-refractivity contribution in [1.29, 1.82) is 0 Å². The summed E-state index contributed by atoms with van der Waals surface area (Å²) in [6.45, 7) is 1.69. The second-order valence-corrected chi connectivity index (χ2v) is 3.22. The maximum atomic E-state index is 13.3. The summed E-state index contributed by atoms with van der Waals surface area (Å²) in [6, 6.07) is 4.81. The summed E-state index contributed by atoms with van der Waals surface area (Å²) in [4.78, 5) is 16.8. The van der Waals surface area contributed by atoms with E-state index in [4.69, 9.17) is 0 Å². The quantitative estimate of drug-likeness (QED) is 0.770. The smallest absolute Gasteiger partial charge is 0.312 e. The van der Waals surface area contributed by atoms with Crippen LogP contribution in [0.5, 0.6) is 0 Å². The third-order valence-corrected chi connectivity index (χ3v) is 2.25. The zero-order valence-corrected chi connectivity index (χ0v) is 8.12. The maximum absolute atomic E-state index is 13.3. The largest absolute Gasteiger partial charge is 0.344 e. The fourth-order valence-electron chi connectivity index (χ4n) is 1.41. The van der Waals surface area contributed by atoms with Crippen LogP contribution in [0, 0.1) is 12.7 Å². The SMILES string of the molecule is Cc1c(F)cccc1-c1cnc(=O)[nH]c1. The Morgan fingerprint density at radius 2 is 2.20 bits per heavy atom. The molecule has 0 saturated carbocycles. The van der Waals surface area contributed by atoms with Gasteiger partial charge in [-0.15, -0.1) is 0 Å². The minimum atomic E-state index is -0.409. The minimum Gasteiger partial charge on any atom is -0.312 e. The summed E-state index contributed by atoms with van der Waals surface area (Å²) in [5, 5.41) is 0. The van der Waals surface area contributed by atoms with Crippen LogP contribution >= 0.6 is 0 Å². The van der Waals surface area contributed by atoms with Gasteiger partial charge >= 0.3 is 5.69 Å². The van der Waals surface area contributed by atoms with E-state index in [0.717, 1.165) is 5.56 Å². The van der Waals surface area contributed by atoms with Crippen LogP contribution in [0.15, 0.2) is 35.4 Å². The molecule has 1 heterocycles. The molecule has 1 aromatic heterocycles. The number of nitrogens with zero attached hydrogens (tertiary/aromatic N) is 1. The number of rotatable bonds is 1. The normalized spacial score (nSPS) is 10.3. The van der Waals surface area contributed by atoms with Gasteiger partial charge in [0.2, 0.25) is 0 Å². The van der Waals surface area contributed by atoms with E-state index in [1.807, 2.05) is 0 Å². The van der Waals surface area contributed by atoms with E-state index in [9.17, 15) is 9.18 Å². The Kier molecular flexibility index (Phi) is 2.33. The first kappa shape index (κ1) is 9.58. The van der Waals surface area contributed by atoms with Gasteiger partial charge in [0.05, 0.1) is 0 Å². The summed E-state index contributed by atoms with van der Waals surface area (Å²) in [5.74, 6) is -0.265. The monoisotopic (exact) mass is 204 g/mol. The lowest BCUT2D eigenvalue weighted by Crippen LogP contribution is -2.08. The highest BCUT2D eigenvalue weighted by Gasteiger charge is 2.05. The van der Waals surface area contributed by atoms with Crippen LogP contribution in [0.1, 0.15) is 5.56 Å². The molecule has 0 radical (unpaired) electrons. The summed E-state index contributed by atoms with van der Waals surface area (Å²) < 4.78 is 13.3. The molecule has 76 valence electrons. The molecule has 2 rings (SSSR count). The van der Waals surface area contributed by atoms with Crippen molar-refractivity contribution < 1.29 is 4.39 Å². The molecule has 0 aliphatic carbocycles. The molecule has 4 heteroatoms. The van der Waals surface area contributed by atoms with E-state index in [1.54, 1.807) is 19.1 Å². The van der Waals surface area contributed by atoms with Gasteiger partial charge in [-0.2, -0.15) is 0 Å². The molecule has 0 unspecified atom stereocenters. The molecule has 1 aromatic carbocycles. The molecule has 0 bridgehead atoms. The van der Waals surface area contributed by atoms with E-state index in [1.165, 1.54) is 18.5 Å². The van der Waals surface area contributed by atoms with Crippen molar-refractivity contribution in [3.63, 3.8) is 0 Å². The van der Waals surface area contributed by atoms with Gasteiger partial charge in [-0.1, -0.05) is 12.1 Å². The second-order valence-electron chi connectivity index (χ2n) is 3.22. The molecule has 0 aliphatic heterocycles. The van der Waals surface area contributed by atoms with Crippen LogP contribution in [-0.4, -0.2) is 9.97 Å². The molecular weight excluding hydrogens is 195 g/mol. The highest BCUT2D eigenvalue weighted by molar-refractivity contribution is 5.65. The van der Waals surface area contributed by atoms with Crippen LogP contribution in [0.2, 0.25) is 0 Å². The van der Waals surface area contributed by atoms with Crippen LogP contribution in [0.25, 0.3) is 11.1 Å². The molecular formula is C11H9FN2O. The van der Waals surface area contributed by atoms with Crippen LogP contribution in [0.3, 0.4) is 0 Å². The lowest BCUT2D eigenvalue weighted by molar-refractivity contribution is 0.619. The third-order valence-electron chi connectivity index (χ3n) is 2.25. The summed E-state index contributed by atoms with van der Waals surface area (Å²) in [7, 11) is 0. The van der Waals surface area contributed by atoms with Crippen molar-refractivity contribution in [1.82, 2.24) is 9.97 Å².